The molecule has 0 aromatic rings. The minimum atomic E-state index is -0.605. The first kappa shape index (κ1) is 11.4. The van der Waals surface area contributed by atoms with Crippen molar-refractivity contribution in [1.82, 2.24) is 0 Å². The minimum Gasteiger partial charge on any atom is -0.463 e. The molecular formula is C9H18O3. The highest BCUT2D eigenvalue weighted by atomic mass is 16.5. The van der Waals surface area contributed by atoms with Gasteiger partial charge in [-0.1, -0.05) is 13.3 Å². The monoisotopic (exact) mass is 174 g/mol. The second-order valence-corrected chi connectivity index (χ2v) is 3.14. The molecular weight excluding hydrogens is 156 g/mol. The average molecular weight is 174 g/mol. The van der Waals surface area contributed by atoms with Gasteiger partial charge in [-0.15, -0.1) is 0 Å². The fraction of sp³-hybridized carbons (Fsp3) is 0.889. The Kier molecular flexibility index (Phi) is 5.72. The Hall–Kier alpha value is -0.570. The van der Waals surface area contributed by atoms with Gasteiger partial charge in [0.1, 0.15) is 0 Å². The number of aliphatic hydroxyl groups is 1. The second-order valence-electron chi connectivity index (χ2n) is 3.14. The third-order valence-corrected chi connectivity index (χ3v) is 1.49. The Labute approximate surface area is 73.7 Å². The van der Waals surface area contributed by atoms with Crippen molar-refractivity contribution in [1.29, 1.82) is 0 Å². The van der Waals surface area contributed by atoms with Gasteiger partial charge >= 0.3 is 5.97 Å². The van der Waals surface area contributed by atoms with Gasteiger partial charge in [0, 0.05) is 0 Å². The van der Waals surface area contributed by atoms with E-state index in [0.717, 1.165) is 12.8 Å². The summed E-state index contributed by atoms with van der Waals surface area (Å²) in [4.78, 5) is 11.0. The van der Waals surface area contributed by atoms with E-state index in [1.54, 1.807) is 6.92 Å². The van der Waals surface area contributed by atoms with Crippen LogP contribution in [-0.4, -0.2) is 23.3 Å². The molecule has 0 bridgehead atoms. The molecule has 2 unspecified atom stereocenters. The van der Waals surface area contributed by atoms with Gasteiger partial charge in [-0.2, -0.15) is 0 Å². The molecule has 0 heterocycles. The quantitative estimate of drug-likeness (QED) is 0.642. The van der Waals surface area contributed by atoms with Crippen molar-refractivity contribution in [3.05, 3.63) is 0 Å². The number of ether oxygens (including phenoxy) is 1. The van der Waals surface area contributed by atoms with E-state index < -0.39 is 6.10 Å². The highest BCUT2D eigenvalue weighted by Gasteiger charge is 2.10. The zero-order valence-electron chi connectivity index (χ0n) is 8.04. The lowest BCUT2D eigenvalue weighted by Crippen LogP contribution is -2.18. The van der Waals surface area contributed by atoms with E-state index >= 15 is 0 Å². The SMILES string of the molecule is CCCC(C)OC(=O)CC(C)O. The van der Waals surface area contributed by atoms with Crippen LogP contribution in [0.15, 0.2) is 0 Å². The second kappa shape index (κ2) is 6.00. The van der Waals surface area contributed by atoms with Crippen molar-refractivity contribution in [2.75, 3.05) is 0 Å². The zero-order chi connectivity index (χ0) is 9.56. The molecule has 12 heavy (non-hydrogen) atoms. The molecule has 2 atom stereocenters. The van der Waals surface area contributed by atoms with Crippen LogP contribution in [0.2, 0.25) is 0 Å². The molecule has 0 saturated heterocycles. The van der Waals surface area contributed by atoms with Crippen LogP contribution in [0.3, 0.4) is 0 Å². The molecule has 0 aromatic heterocycles. The number of aliphatic hydroxyl groups excluding tert-OH is 1. The molecule has 0 aliphatic heterocycles. The van der Waals surface area contributed by atoms with Gasteiger partial charge in [-0.3, -0.25) is 4.79 Å². The molecule has 0 rings (SSSR count). The van der Waals surface area contributed by atoms with E-state index in [4.69, 9.17) is 9.84 Å². The van der Waals surface area contributed by atoms with Crippen molar-refractivity contribution in [2.45, 2.75) is 52.2 Å². The van der Waals surface area contributed by atoms with E-state index in [2.05, 4.69) is 0 Å². The van der Waals surface area contributed by atoms with Crippen LogP contribution in [-0.2, 0) is 9.53 Å². The van der Waals surface area contributed by atoms with Crippen LogP contribution in [0.5, 0.6) is 0 Å². The first-order chi connectivity index (χ1) is 5.56. The van der Waals surface area contributed by atoms with Gasteiger partial charge < -0.3 is 9.84 Å². The van der Waals surface area contributed by atoms with Crippen LogP contribution < -0.4 is 0 Å². The fourth-order valence-electron chi connectivity index (χ4n) is 0.979. The Bertz CT molecular complexity index is 132. The van der Waals surface area contributed by atoms with E-state index in [1.165, 1.54) is 0 Å². The highest BCUT2D eigenvalue weighted by molar-refractivity contribution is 5.70. The molecule has 0 saturated carbocycles. The van der Waals surface area contributed by atoms with Gasteiger partial charge in [-0.05, 0) is 20.3 Å². The summed E-state index contributed by atoms with van der Waals surface area (Å²) >= 11 is 0. The molecule has 3 nitrogen and oxygen atoms in total. The Morgan fingerprint density at radius 3 is 2.50 bits per heavy atom. The van der Waals surface area contributed by atoms with Crippen LogP contribution >= 0.6 is 0 Å². The van der Waals surface area contributed by atoms with Crippen molar-refractivity contribution < 1.29 is 14.6 Å². The maximum absolute atomic E-state index is 11.0. The normalized spacial score (nSPS) is 15.3. The number of esters is 1. The third-order valence-electron chi connectivity index (χ3n) is 1.49. The molecule has 3 heteroatoms. The van der Waals surface area contributed by atoms with Crippen molar-refractivity contribution in [2.24, 2.45) is 0 Å². The first-order valence-corrected chi connectivity index (χ1v) is 4.43. The molecule has 0 spiro atoms. The highest BCUT2D eigenvalue weighted by Crippen LogP contribution is 2.03. The largest absolute Gasteiger partial charge is 0.463 e. The summed E-state index contributed by atoms with van der Waals surface area (Å²) in [5, 5.41) is 8.86. The molecule has 0 radical (unpaired) electrons. The lowest BCUT2D eigenvalue weighted by atomic mass is 10.2. The maximum atomic E-state index is 11.0. The minimum absolute atomic E-state index is 0.0266. The Balaban J connectivity index is 3.54. The molecule has 72 valence electrons. The standard InChI is InChI=1S/C9H18O3/c1-4-5-8(3)12-9(11)6-7(2)10/h7-8,10H,4-6H2,1-3H3. The maximum Gasteiger partial charge on any atom is 0.308 e. The van der Waals surface area contributed by atoms with Gasteiger partial charge in [0.05, 0.1) is 18.6 Å². The molecule has 0 fully saturated rings. The number of hydrogen-bond acceptors (Lipinski definition) is 3. The lowest BCUT2D eigenvalue weighted by Gasteiger charge is -2.12. The van der Waals surface area contributed by atoms with Gasteiger partial charge in [0.25, 0.3) is 0 Å². The lowest BCUT2D eigenvalue weighted by molar-refractivity contribution is -0.150. The predicted molar refractivity (Wildman–Crippen MR) is 46.8 cm³/mol. The van der Waals surface area contributed by atoms with E-state index in [-0.39, 0.29) is 18.5 Å². The summed E-state index contributed by atoms with van der Waals surface area (Å²) in [6.07, 6.45) is 1.34. The smallest absolute Gasteiger partial charge is 0.308 e. The zero-order valence-corrected chi connectivity index (χ0v) is 8.04. The average Bonchev–Trinajstić information content (AvgIpc) is 1.84. The molecule has 1 N–H and O–H groups in total. The van der Waals surface area contributed by atoms with Crippen LogP contribution in [0.25, 0.3) is 0 Å². The summed E-state index contributed by atoms with van der Waals surface area (Å²) in [6, 6.07) is 0. The van der Waals surface area contributed by atoms with Crippen LogP contribution in [0.1, 0.15) is 40.0 Å². The third kappa shape index (κ3) is 6.16. The number of carbonyl (C=O) groups excluding carboxylic acids is 1. The molecule has 0 amide bonds. The fourth-order valence-corrected chi connectivity index (χ4v) is 0.979. The molecule has 0 aromatic carbocycles. The van der Waals surface area contributed by atoms with E-state index in [1.807, 2.05) is 13.8 Å². The van der Waals surface area contributed by atoms with E-state index in [0.29, 0.717) is 0 Å². The Morgan fingerprint density at radius 1 is 1.50 bits per heavy atom. The van der Waals surface area contributed by atoms with E-state index in [9.17, 15) is 4.79 Å². The number of hydrogen-bond donors (Lipinski definition) is 1. The summed E-state index contributed by atoms with van der Waals surface area (Å²) < 4.78 is 5.00. The van der Waals surface area contributed by atoms with Crippen molar-refractivity contribution in [3.63, 3.8) is 0 Å². The van der Waals surface area contributed by atoms with Gasteiger partial charge in [-0.25, -0.2) is 0 Å². The van der Waals surface area contributed by atoms with Crippen LogP contribution in [0.4, 0.5) is 0 Å². The summed E-state index contributed by atoms with van der Waals surface area (Å²) in [7, 11) is 0. The Morgan fingerprint density at radius 2 is 2.08 bits per heavy atom. The van der Waals surface area contributed by atoms with Gasteiger partial charge in [0.2, 0.25) is 0 Å². The topological polar surface area (TPSA) is 46.5 Å². The summed E-state index contributed by atoms with van der Waals surface area (Å²) in [5.74, 6) is -0.314. The predicted octanol–water partition coefficient (Wildman–Crippen LogP) is 1.49. The van der Waals surface area contributed by atoms with Crippen molar-refractivity contribution >= 4 is 5.97 Å². The van der Waals surface area contributed by atoms with Gasteiger partial charge in [0.15, 0.2) is 0 Å². The first-order valence-electron chi connectivity index (χ1n) is 4.43. The van der Waals surface area contributed by atoms with Crippen LogP contribution in [0, 0.1) is 0 Å². The number of rotatable bonds is 5. The number of carbonyl (C=O) groups is 1. The summed E-state index contributed by atoms with van der Waals surface area (Å²) in [5.41, 5.74) is 0. The van der Waals surface area contributed by atoms with Crippen molar-refractivity contribution in [3.8, 4) is 0 Å². The summed E-state index contributed by atoms with van der Waals surface area (Å²) in [6.45, 7) is 5.48. The molecule has 0 aliphatic rings. The molecule has 0 aliphatic carbocycles.